The van der Waals surface area contributed by atoms with Gasteiger partial charge in [-0.3, -0.25) is 4.79 Å². The Bertz CT molecular complexity index is 1090. The lowest BCUT2D eigenvalue weighted by Gasteiger charge is -2.11. The molecule has 7 nitrogen and oxygen atoms in total. The molecule has 0 unspecified atom stereocenters. The lowest BCUT2D eigenvalue weighted by Crippen LogP contribution is -2.17. The lowest BCUT2D eigenvalue weighted by molar-refractivity contribution is -0.113. The van der Waals surface area contributed by atoms with E-state index in [9.17, 15) is 9.59 Å². The molecule has 0 radical (unpaired) electrons. The summed E-state index contributed by atoms with van der Waals surface area (Å²) in [6, 6.07) is 4.00. The van der Waals surface area contributed by atoms with Crippen molar-refractivity contribution >= 4 is 51.3 Å². The van der Waals surface area contributed by atoms with Gasteiger partial charge in [0.25, 0.3) is 0 Å². The van der Waals surface area contributed by atoms with E-state index in [0.29, 0.717) is 22.3 Å². The number of amides is 1. The molecule has 0 atom stereocenters. The zero-order valence-electron chi connectivity index (χ0n) is 18.2. The quantitative estimate of drug-likeness (QED) is 0.359. The molecule has 170 valence electrons. The molecular formula is C22H26N4O3S3. The number of carbonyl (C=O) groups excluding carboxylic acids is 2. The molecule has 1 amide bonds. The van der Waals surface area contributed by atoms with Gasteiger partial charge in [-0.25, -0.2) is 4.79 Å². The number of aromatic nitrogens is 3. The van der Waals surface area contributed by atoms with E-state index in [-0.39, 0.29) is 17.6 Å². The van der Waals surface area contributed by atoms with Crippen LogP contribution in [0.1, 0.15) is 53.4 Å². The number of esters is 1. The van der Waals surface area contributed by atoms with E-state index in [4.69, 9.17) is 4.74 Å². The Morgan fingerprint density at radius 1 is 1.22 bits per heavy atom. The number of thioether (sulfide) groups is 1. The van der Waals surface area contributed by atoms with E-state index in [1.807, 2.05) is 29.0 Å². The number of anilines is 1. The Labute approximate surface area is 199 Å². The molecule has 10 heteroatoms. The Kier molecular flexibility index (Phi) is 7.64. The molecule has 1 aliphatic carbocycles. The highest BCUT2D eigenvalue weighted by Crippen LogP contribution is 2.37. The zero-order valence-corrected chi connectivity index (χ0v) is 20.6. The van der Waals surface area contributed by atoms with Crippen LogP contribution >= 0.6 is 34.4 Å². The minimum absolute atomic E-state index is 0.169. The summed E-state index contributed by atoms with van der Waals surface area (Å²) in [4.78, 5) is 27.6. The molecule has 0 aliphatic heterocycles. The normalized spacial score (nSPS) is 13.8. The van der Waals surface area contributed by atoms with Crippen molar-refractivity contribution in [1.82, 2.24) is 14.8 Å². The third-order valence-electron chi connectivity index (χ3n) is 5.42. The largest absolute Gasteiger partial charge is 0.465 e. The smallest absolute Gasteiger partial charge is 0.341 e. The summed E-state index contributed by atoms with van der Waals surface area (Å²) in [6.45, 7) is 2.75. The topological polar surface area (TPSA) is 86.1 Å². The second kappa shape index (κ2) is 10.6. The molecule has 3 aromatic heterocycles. The number of aryl methyl sites for hydroxylation is 1. The predicted octanol–water partition coefficient (Wildman–Crippen LogP) is 5.26. The number of carbonyl (C=O) groups is 2. The van der Waals surface area contributed by atoms with Crippen molar-refractivity contribution in [3.05, 3.63) is 33.5 Å². The van der Waals surface area contributed by atoms with Crippen molar-refractivity contribution in [3.63, 3.8) is 0 Å². The van der Waals surface area contributed by atoms with Crippen molar-refractivity contribution in [2.24, 2.45) is 0 Å². The van der Waals surface area contributed by atoms with Gasteiger partial charge in [-0.05, 0) is 49.6 Å². The van der Waals surface area contributed by atoms with Gasteiger partial charge in [0, 0.05) is 11.4 Å². The van der Waals surface area contributed by atoms with Crippen molar-refractivity contribution in [2.75, 3.05) is 18.2 Å². The van der Waals surface area contributed by atoms with Gasteiger partial charge in [-0.15, -0.1) is 32.9 Å². The Hall–Kier alpha value is -2.17. The van der Waals surface area contributed by atoms with Gasteiger partial charge in [0.2, 0.25) is 5.91 Å². The van der Waals surface area contributed by atoms with E-state index in [1.54, 1.807) is 11.3 Å². The fourth-order valence-electron chi connectivity index (χ4n) is 3.89. The maximum absolute atomic E-state index is 12.8. The van der Waals surface area contributed by atoms with E-state index in [2.05, 4.69) is 15.5 Å². The molecular weight excluding hydrogens is 464 g/mol. The Morgan fingerprint density at radius 2 is 2.03 bits per heavy atom. The molecule has 4 rings (SSSR count). The van der Waals surface area contributed by atoms with Crippen LogP contribution in [-0.2, 0) is 28.9 Å². The van der Waals surface area contributed by atoms with E-state index < -0.39 is 0 Å². The minimum atomic E-state index is -0.377. The maximum Gasteiger partial charge on any atom is 0.341 e. The molecule has 0 saturated carbocycles. The number of nitrogens with zero attached hydrogens (tertiary/aromatic N) is 3. The van der Waals surface area contributed by atoms with Gasteiger partial charge < -0.3 is 14.6 Å². The number of nitrogens with one attached hydrogen (secondary N) is 1. The fraction of sp³-hybridized carbons (Fsp3) is 0.455. The molecule has 3 aromatic rings. The molecule has 0 saturated heterocycles. The molecule has 0 spiro atoms. The van der Waals surface area contributed by atoms with Crippen molar-refractivity contribution in [2.45, 2.75) is 57.1 Å². The summed E-state index contributed by atoms with van der Waals surface area (Å²) in [5.41, 5.74) is 1.58. The molecule has 0 bridgehead atoms. The van der Waals surface area contributed by atoms with Gasteiger partial charge in [-0.2, -0.15) is 0 Å². The summed E-state index contributed by atoms with van der Waals surface area (Å²) >= 11 is 4.48. The van der Waals surface area contributed by atoms with E-state index in [0.717, 1.165) is 41.9 Å². The summed E-state index contributed by atoms with van der Waals surface area (Å²) in [6.07, 6.45) is 6.33. The zero-order chi connectivity index (χ0) is 22.5. The molecule has 0 fully saturated rings. The number of fused-ring (bicyclic) bond motifs is 1. The van der Waals surface area contributed by atoms with Crippen LogP contribution in [0.3, 0.4) is 0 Å². The van der Waals surface area contributed by atoms with Gasteiger partial charge >= 0.3 is 5.97 Å². The first-order chi connectivity index (χ1) is 15.6. The highest BCUT2D eigenvalue weighted by atomic mass is 32.2. The van der Waals surface area contributed by atoms with E-state index in [1.165, 1.54) is 47.9 Å². The maximum atomic E-state index is 12.8. The molecule has 32 heavy (non-hydrogen) atoms. The number of ether oxygens (including phenoxy) is 1. The Balaban J connectivity index is 1.49. The average Bonchev–Trinajstić information content (AvgIpc) is 3.50. The van der Waals surface area contributed by atoms with Gasteiger partial charge in [0.1, 0.15) is 5.00 Å². The second-order valence-electron chi connectivity index (χ2n) is 7.48. The van der Waals surface area contributed by atoms with Crippen molar-refractivity contribution < 1.29 is 14.3 Å². The summed E-state index contributed by atoms with van der Waals surface area (Å²) < 4.78 is 7.06. The highest BCUT2D eigenvalue weighted by Gasteiger charge is 2.26. The van der Waals surface area contributed by atoms with Crippen LogP contribution < -0.4 is 5.32 Å². The minimum Gasteiger partial charge on any atom is -0.465 e. The van der Waals surface area contributed by atoms with Crippen LogP contribution in [0.2, 0.25) is 0 Å². The monoisotopic (exact) mass is 490 g/mol. The van der Waals surface area contributed by atoms with Gasteiger partial charge in [0.05, 0.1) is 23.3 Å². The van der Waals surface area contributed by atoms with Crippen LogP contribution in [0.15, 0.2) is 22.7 Å². The van der Waals surface area contributed by atoms with E-state index >= 15 is 0 Å². The van der Waals surface area contributed by atoms with Crippen molar-refractivity contribution in [3.8, 4) is 10.7 Å². The first-order valence-corrected chi connectivity index (χ1v) is 13.4. The lowest BCUT2D eigenvalue weighted by atomic mass is 9.96. The number of hydrogen-bond acceptors (Lipinski definition) is 8. The first kappa shape index (κ1) is 23.0. The average molecular weight is 491 g/mol. The summed E-state index contributed by atoms with van der Waals surface area (Å²) in [7, 11) is 1.39. The van der Waals surface area contributed by atoms with Crippen LogP contribution in [0.25, 0.3) is 10.7 Å². The first-order valence-electron chi connectivity index (χ1n) is 10.7. The van der Waals surface area contributed by atoms with Gasteiger partial charge in [0.15, 0.2) is 11.0 Å². The van der Waals surface area contributed by atoms with Gasteiger partial charge in [-0.1, -0.05) is 30.7 Å². The number of rotatable bonds is 7. The third kappa shape index (κ3) is 4.92. The molecule has 1 aliphatic rings. The number of methoxy groups -OCH3 is 1. The SMILES string of the molecule is CCn1c(SCC(=O)Nc2sc3c(c2C(=O)OC)CCCCCC3)nnc1-c1cccs1. The fourth-order valence-corrected chi connectivity index (χ4v) is 6.70. The van der Waals surface area contributed by atoms with Crippen LogP contribution in [0.4, 0.5) is 5.00 Å². The summed E-state index contributed by atoms with van der Waals surface area (Å²) in [5.74, 6) is 0.456. The number of hydrogen-bond donors (Lipinski definition) is 1. The van der Waals surface area contributed by atoms with Crippen molar-refractivity contribution in [1.29, 1.82) is 0 Å². The third-order valence-corrected chi connectivity index (χ3v) is 8.46. The predicted molar refractivity (Wildman–Crippen MR) is 130 cm³/mol. The van der Waals surface area contributed by atoms with Crippen LogP contribution in [0, 0.1) is 0 Å². The molecule has 3 heterocycles. The molecule has 1 N–H and O–H groups in total. The Morgan fingerprint density at radius 3 is 2.75 bits per heavy atom. The van der Waals surface area contributed by atoms with Crippen LogP contribution in [0.5, 0.6) is 0 Å². The summed E-state index contributed by atoms with van der Waals surface area (Å²) in [5, 5.41) is 14.9. The standard InChI is InChI=1S/C22H26N4O3S3/c1-3-26-19(16-11-8-12-30-16)24-25-22(26)31-13-17(27)23-20-18(21(28)29-2)14-9-6-4-5-7-10-15(14)32-20/h8,11-12H,3-7,9-10,13H2,1-2H3,(H,23,27). The highest BCUT2D eigenvalue weighted by molar-refractivity contribution is 7.99. The van der Waals surface area contributed by atoms with Crippen LogP contribution in [-0.4, -0.2) is 39.5 Å². The molecule has 0 aromatic carbocycles. The number of thiophene rings is 2. The second-order valence-corrected chi connectivity index (χ2v) is 10.5.